The average Bonchev–Trinajstić information content (AvgIpc) is 2.48. The van der Waals surface area contributed by atoms with Gasteiger partial charge in [0, 0.05) is 32.7 Å². The Morgan fingerprint density at radius 2 is 2.00 bits per heavy atom. The predicted molar refractivity (Wildman–Crippen MR) is 78.2 cm³/mol. The number of nitrogens with two attached hydrogens (primary N) is 1. The molecule has 1 fully saturated rings. The first-order valence-corrected chi connectivity index (χ1v) is 7.32. The van der Waals surface area contributed by atoms with Crippen molar-refractivity contribution in [1.29, 1.82) is 0 Å². The van der Waals surface area contributed by atoms with Crippen molar-refractivity contribution in [2.75, 3.05) is 44.2 Å². The van der Waals surface area contributed by atoms with E-state index in [2.05, 4.69) is 21.8 Å². The highest BCUT2D eigenvalue weighted by molar-refractivity contribution is 5.41. The minimum absolute atomic E-state index is 0.265. The summed E-state index contributed by atoms with van der Waals surface area (Å²) >= 11 is 0. The minimum Gasteiger partial charge on any atom is -0.352 e. The standard InChI is InChI=1S/C14H24FN5/c1-3-12-13(15)14(18-10-17-12)20-6-4-19(5-7-20)9-11(2)8-16/h10-11H,3-9,16H2,1-2H3. The van der Waals surface area contributed by atoms with Gasteiger partial charge in [0.2, 0.25) is 0 Å². The van der Waals surface area contributed by atoms with Crippen LogP contribution < -0.4 is 10.6 Å². The number of nitrogens with zero attached hydrogens (tertiary/aromatic N) is 4. The molecule has 1 aromatic rings. The molecule has 0 aromatic carbocycles. The fraction of sp³-hybridized carbons (Fsp3) is 0.714. The first-order chi connectivity index (χ1) is 9.65. The van der Waals surface area contributed by atoms with Crippen LogP contribution in [-0.4, -0.2) is 54.1 Å². The van der Waals surface area contributed by atoms with Gasteiger partial charge in [0.25, 0.3) is 0 Å². The predicted octanol–water partition coefficient (Wildman–Crippen LogP) is 0.895. The number of piperazine rings is 1. The number of aromatic nitrogens is 2. The number of rotatable bonds is 5. The third kappa shape index (κ3) is 3.43. The molecule has 0 spiro atoms. The first-order valence-electron chi connectivity index (χ1n) is 7.32. The Morgan fingerprint density at radius 1 is 1.30 bits per heavy atom. The highest BCUT2D eigenvalue weighted by Gasteiger charge is 2.22. The molecule has 2 rings (SSSR count). The molecule has 0 aliphatic carbocycles. The Morgan fingerprint density at radius 3 is 2.60 bits per heavy atom. The van der Waals surface area contributed by atoms with Crippen LogP contribution >= 0.6 is 0 Å². The fourth-order valence-electron chi connectivity index (χ4n) is 2.52. The van der Waals surface area contributed by atoms with E-state index in [1.807, 2.05) is 11.8 Å². The summed E-state index contributed by atoms with van der Waals surface area (Å²) in [6.45, 7) is 9.23. The summed E-state index contributed by atoms with van der Waals surface area (Å²) in [5.74, 6) is 0.686. The maximum atomic E-state index is 14.2. The number of hydrogen-bond donors (Lipinski definition) is 1. The second-order valence-electron chi connectivity index (χ2n) is 5.44. The molecule has 112 valence electrons. The van der Waals surface area contributed by atoms with Crippen LogP contribution in [0.2, 0.25) is 0 Å². The van der Waals surface area contributed by atoms with Gasteiger partial charge < -0.3 is 10.6 Å². The number of hydrogen-bond acceptors (Lipinski definition) is 5. The molecule has 1 aliphatic heterocycles. The highest BCUT2D eigenvalue weighted by atomic mass is 19.1. The molecule has 1 unspecified atom stereocenters. The third-order valence-electron chi connectivity index (χ3n) is 3.82. The smallest absolute Gasteiger partial charge is 0.187 e. The summed E-state index contributed by atoms with van der Waals surface area (Å²) in [7, 11) is 0. The second-order valence-corrected chi connectivity index (χ2v) is 5.44. The third-order valence-corrected chi connectivity index (χ3v) is 3.82. The van der Waals surface area contributed by atoms with Gasteiger partial charge in [0.1, 0.15) is 6.33 Å². The van der Waals surface area contributed by atoms with Gasteiger partial charge in [-0.25, -0.2) is 14.4 Å². The van der Waals surface area contributed by atoms with Crippen LogP contribution in [-0.2, 0) is 6.42 Å². The van der Waals surface area contributed by atoms with Gasteiger partial charge in [-0.15, -0.1) is 0 Å². The molecule has 1 saturated heterocycles. The maximum Gasteiger partial charge on any atom is 0.187 e. The summed E-state index contributed by atoms with van der Waals surface area (Å²) in [5, 5.41) is 0. The van der Waals surface area contributed by atoms with Crippen LogP contribution in [0.5, 0.6) is 0 Å². The molecule has 20 heavy (non-hydrogen) atoms. The fourth-order valence-corrected chi connectivity index (χ4v) is 2.52. The Kier molecular flexibility index (Phi) is 5.25. The molecular formula is C14H24FN5. The van der Waals surface area contributed by atoms with Crippen molar-refractivity contribution in [2.24, 2.45) is 11.7 Å². The van der Waals surface area contributed by atoms with Gasteiger partial charge in [-0.1, -0.05) is 13.8 Å². The van der Waals surface area contributed by atoms with Gasteiger partial charge in [0.15, 0.2) is 11.6 Å². The van der Waals surface area contributed by atoms with E-state index in [0.29, 0.717) is 30.4 Å². The summed E-state index contributed by atoms with van der Waals surface area (Å²) in [5.41, 5.74) is 6.15. The van der Waals surface area contributed by atoms with Crippen molar-refractivity contribution in [2.45, 2.75) is 20.3 Å². The summed E-state index contributed by atoms with van der Waals surface area (Å²) < 4.78 is 14.2. The normalized spacial score (nSPS) is 18.3. The monoisotopic (exact) mass is 281 g/mol. The molecule has 1 aromatic heterocycles. The number of aryl methyl sites for hydroxylation is 1. The van der Waals surface area contributed by atoms with E-state index in [4.69, 9.17) is 5.73 Å². The number of halogens is 1. The average molecular weight is 281 g/mol. The van der Waals surface area contributed by atoms with Crippen LogP contribution in [0.25, 0.3) is 0 Å². The van der Waals surface area contributed by atoms with Crippen molar-refractivity contribution in [1.82, 2.24) is 14.9 Å². The maximum absolute atomic E-state index is 14.2. The Bertz CT molecular complexity index is 432. The Hall–Kier alpha value is -1.27. The van der Waals surface area contributed by atoms with Crippen LogP contribution in [0.1, 0.15) is 19.5 Å². The summed E-state index contributed by atoms with van der Waals surface area (Å²) in [6.07, 6.45) is 2.05. The quantitative estimate of drug-likeness (QED) is 0.869. The molecule has 2 N–H and O–H groups in total. The summed E-state index contributed by atoms with van der Waals surface area (Å²) in [6, 6.07) is 0. The lowest BCUT2D eigenvalue weighted by Crippen LogP contribution is -2.48. The van der Waals surface area contributed by atoms with E-state index in [1.165, 1.54) is 6.33 Å². The molecule has 0 saturated carbocycles. The van der Waals surface area contributed by atoms with E-state index in [0.717, 1.165) is 32.7 Å². The van der Waals surface area contributed by atoms with Crippen molar-refractivity contribution < 1.29 is 4.39 Å². The first kappa shape index (κ1) is 15.1. The summed E-state index contributed by atoms with van der Waals surface area (Å²) in [4.78, 5) is 12.5. The minimum atomic E-state index is -0.265. The zero-order valence-electron chi connectivity index (χ0n) is 12.3. The van der Waals surface area contributed by atoms with Crippen molar-refractivity contribution >= 4 is 5.82 Å². The van der Waals surface area contributed by atoms with Crippen LogP contribution in [0.3, 0.4) is 0 Å². The zero-order chi connectivity index (χ0) is 14.5. The van der Waals surface area contributed by atoms with Crippen LogP contribution in [0.15, 0.2) is 6.33 Å². The Labute approximate surface area is 120 Å². The van der Waals surface area contributed by atoms with Crippen LogP contribution in [0.4, 0.5) is 10.2 Å². The van der Waals surface area contributed by atoms with Gasteiger partial charge in [0.05, 0.1) is 5.69 Å². The molecule has 5 nitrogen and oxygen atoms in total. The molecule has 1 atom stereocenters. The van der Waals surface area contributed by atoms with Gasteiger partial charge in [-0.3, -0.25) is 4.90 Å². The van der Waals surface area contributed by atoms with Gasteiger partial charge >= 0.3 is 0 Å². The van der Waals surface area contributed by atoms with E-state index in [1.54, 1.807) is 0 Å². The Balaban J connectivity index is 1.97. The van der Waals surface area contributed by atoms with Gasteiger partial charge in [-0.2, -0.15) is 0 Å². The lowest BCUT2D eigenvalue weighted by atomic mass is 10.1. The van der Waals surface area contributed by atoms with Crippen LogP contribution in [0, 0.1) is 11.7 Å². The zero-order valence-corrected chi connectivity index (χ0v) is 12.3. The molecular weight excluding hydrogens is 257 g/mol. The molecule has 0 bridgehead atoms. The lowest BCUT2D eigenvalue weighted by molar-refractivity contribution is 0.226. The van der Waals surface area contributed by atoms with E-state index < -0.39 is 0 Å². The largest absolute Gasteiger partial charge is 0.352 e. The highest BCUT2D eigenvalue weighted by Crippen LogP contribution is 2.19. The van der Waals surface area contributed by atoms with Crippen molar-refractivity contribution in [3.63, 3.8) is 0 Å². The van der Waals surface area contributed by atoms with Gasteiger partial charge in [-0.05, 0) is 18.9 Å². The molecule has 2 heterocycles. The van der Waals surface area contributed by atoms with Crippen molar-refractivity contribution in [3.8, 4) is 0 Å². The van der Waals surface area contributed by atoms with E-state index in [-0.39, 0.29) is 5.82 Å². The van der Waals surface area contributed by atoms with E-state index in [9.17, 15) is 4.39 Å². The molecule has 0 amide bonds. The molecule has 1 aliphatic rings. The topological polar surface area (TPSA) is 58.3 Å². The molecule has 0 radical (unpaired) electrons. The van der Waals surface area contributed by atoms with Crippen molar-refractivity contribution in [3.05, 3.63) is 17.8 Å². The SMILES string of the molecule is CCc1ncnc(N2CCN(CC(C)CN)CC2)c1F. The molecule has 6 heteroatoms. The second kappa shape index (κ2) is 6.95. The lowest BCUT2D eigenvalue weighted by Gasteiger charge is -2.36. The number of anilines is 1. The van der Waals surface area contributed by atoms with E-state index >= 15 is 0 Å².